The van der Waals surface area contributed by atoms with Crippen LogP contribution in [-0.4, -0.2) is 62.9 Å². The normalized spacial score (nSPS) is 16.4. The Labute approximate surface area is 117 Å². The average Bonchev–Trinajstić information content (AvgIpc) is 3.09. The summed E-state index contributed by atoms with van der Waals surface area (Å²) in [5.74, 6) is 0.0654. The highest BCUT2D eigenvalue weighted by atomic mass is 32.2. The highest BCUT2D eigenvalue weighted by molar-refractivity contribution is 8.00. The molecule has 2 rings (SSSR count). The summed E-state index contributed by atoms with van der Waals surface area (Å²) >= 11 is 1.40. The molecule has 19 heavy (non-hydrogen) atoms. The first kappa shape index (κ1) is 14.3. The maximum Gasteiger partial charge on any atom is 0.235 e. The van der Waals surface area contributed by atoms with Crippen molar-refractivity contribution in [1.29, 1.82) is 0 Å². The van der Waals surface area contributed by atoms with Gasteiger partial charge in [-0.2, -0.15) is 0 Å². The van der Waals surface area contributed by atoms with Crippen LogP contribution in [0.15, 0.2) is 5.16 Å². The van der Waals surface area contributed by atoms with Crippen LogP contribution >= 0.6 is 11.8 Å². The third-order valence-electron chi connectivity index (χ3n) is 2.90. The zero-order valence-corrected chi connectivity index (χ0v) is 12.4. The summed E-state index contributed by atoms with van der Waals surface area (Å²) in [7, 11) is 3.50. The van der Waals surface area contributed by atoms with E-state index >= 15 is 0 Å². The number of nitrogens with zero attached hydrogens (tertiary/aromatic N) is 5. The van der Waals surface area contributed by atoms with Crippen molar-refractivity contribution in [2.75, 3.05) is 20.6 Å². The predicted molar refractivity (Wildman–Crippen MR) is 72.9 cm³/mol. The van der Waals surface area contributed by atoms with Crippen LogP contribution < -0.4 is 5.32 Å². The molecule has 1 aromatic heterocycles. The number of rotatable bonds is 7. The maximum atomic E-state index is 11.8. The molecule has 1 aliphatic rings. The van der Waals surface area contributed by atoms with Gasteiger partial charge >= 0.3 is 0 Å². The minimum atomic E-state index is -0.184. The van der Waals surface area contributed by atoms with E-state index in [0.717, 1.165) is 13.1 Å². The zero-order chi connectivity index (χ0) is 13.8. The molecule has 0 radical (unpaired) electrons. The first-order chi connectivity index (χ1) is 9.08. The second kappa shape index (κ2) is 6.33. The number of carbonyl (C=O) groups is 1. The Kier molecular flexibility index (Phi) is 4.76. The number of hydrogen-bond donors (Lipinski definition) is 1. The van der Waals surface area contributed by atoms with Gasteiger partial charge < -0.3 is 10.2 Å². The number of thioether (sulfide) groups is 1. The molecular weight excluding hydrogens is 264 g/mol. The van der Waals surface area contributed by atoms with Gasteiger partial charge in [0, 0.05) is 26.7 Å². The number of carbonyl (C=O) groups excluding carboxylic acids is 1. The van der Waals surface area contributed by atoms with Crippen molar-refractivity contribution >= 4 is 17.7 Å². The van der Waals surface area contributed by atoms with Crippen LogP contribution in [0.4, 0.5) is 0 Å². The van der Waals surface area contributed by atoms with E-state index < -0.39 is 0 Å². The minimum absolute atomic E-state index is 0.0654. The van der Waals surface area contributed by atoms with E-state index in [4.69, 9.17) is 0 Å². The van der Waals surface area contributed by atoms with E-state index in [-0.39, 0.29) is 11.2 Å². The van der Waals surface area contributed by atoms with Gasteiger partial charge in [0.05, 0.1) is 11.8 Å². The Morgan fingerprint density at radius 1 is 1.58 bits per heavy atom. The molecule has 0 spiro atoms. The summed E-state index contributed by atoms with van der Waals surface area (Å²) in [4.78, 5) is 13.4. The molecule has 8 heteroatoms. The highest BCUT2D eigenvalue weighted by Crippen LogP contribution is 2.21. The smallest absolute Gasteiger partial charge is 0.235 e. The third kappa shape index (κ3) is 4.17. The summed E-state index contributed by atoms with van der Waals surface area (Å²) < 4.78 is 1.75. The summed E-state index contributed by atoms with van der Waals surface area (Å²) in [5, 5.41) is 15.5. The molecule has 1 aromatic rings. The molecule has 106 valence electrons. The number of tetrazole rings is 1. The van der Waals surface area contributed by atoms with E-state index in [1.54, 1.807) is 23.7 Å². The van der Waals surface area contributed by atoms with Gasteiger partial charge in [0.25, 0.3) is 0 Å². The van der Waals surface area contributed by atoms with E-state index in [1.807, 2.05) is 6.92 Å². The second-order valence-electron chi connectivity index (χ2n) is 4.91. The lowest BCUT2D eigenvalue weighted by Crippen LogP contribution is -2.30. The Bertz CT molecular complexity index is 431. The van der Waals surface area contributed by atoms with Crippen molar-refractivity contribution in [1.82, 2.24) is 30.4 Å². The van der Waals surface area contributed by atoms with Crippen LogP contribution in [0.1, 0.15) is 19.8 Å². The van der Waals surface area contributed by atoms with Gasteiger partial charge in [-0.15, -0.1) is 5.10 Å². The summed E-state index contributed by atoms with van der Waals surface area (Å²) in [6.07, 6.45) is 2.54. The minimum Gasteiger partial charge on any atom is -0.348 e. The summed E-state index contributed by atoms with van der Waals surface area (Å²) in [5.41, 5.74) is 0. The fraction of sp³-hybridized carbons (Fsp3) is 0.818. The van der Waals surface area contributed by atoms with E-state index in [2.05, 4.69) is 20.8 Å². The molecule has 1 fully saturated rings. The Morgan fingerprint density at radius 3 is 2.95 bits per heavy atom. The van der Waals surface area contributed by atoms with Crippen molar-refractivity contribution in [2.24, 2.45) is 0 Å². The van der Waals surface area contributed by atoms with Crippen LogP contribution in [0, 0.1) is 0 Å². The van der Waals surface area contributed by atoms with Crippen LogP contribution in [0.25, 0.3) is 0 Å². The van der Waals surface area contributed by atoms with Gasteiger partial charge in [-0.1, -0.05) is 11.8 Å². The van der Waals surface area contributed by atoms with Crippen LogP contribution in [-0.2, 0) is 11.3 Å². The molecule has 1 saturated carbocycles. The van der Waals surface area contributed by atoms with Gasteiger partial charge in [-0.3, -0.25) is 4.79 Å². The molecule has 0 saturated heterocycles. The van der Waals surface area contributed by atoms with Crippen LogP contribution in [0.5, 0.6) is 0 Å². The molecular formula is C11H20N6OS. The van der Waals surface area contributed by atoms with E-state index in [0.29, 0.717) is 11.2 Å². The standard InChI is InChI=1S/C11H20N6OS/c1-8(10(18)16(2)3)19-11-13-14-15-17(11)7-6-12-9-4-5-9/h8-9,12H,4-7H2,1-3H3. The molecule has 0 aliphatic heterocycles. The van der Waals surface area contributed by atoms with Crippen molar-refractivity contribution in [2.45, 2.75) is 42.8 Å². The fourth-order valence-electron chi connectivity index (χ4n) is 1.66. The topological polar surface area (TPSA) is 75.9 Å². The van der Waals surface area contributed by atoms with Crippen LogP contribution in [0.3, 0.4) is 0 Å². The van der Waals surface area contributed by atoms with Gasteiger partial charge in [-0.05, 0) is 30.2 Å². The van der Waals surface area contributed by atoms with E-state index in [9.17, 15) is 4.79 Å². The number of aromatic nitrogens is 4. The number of hydrogen-bond acceptors (Lipinski definition) is 6. The largest absolute Gasteiger partial charge is 0.348 e. The Hall–Kier alpha value is -1.15. The molecule has 1 amide bonds. The molecule has 1 aliphatic carbocycles. The first-order valence-corrected chi connectivity index (χ1v) is 7.33. The average molecular weight is 284 g/mol. The Balaban J connectivity index is 1.85. The van der Waals surface area contributed by atoms with Gasteiger partial charge in [0.15, 0.2) is 0 Å². The molecule has 1 unspecified atom stereocenters. The first-order valence-electron chi connectivity index (χ1n) is 6.45. The summed E-state index contributed by atoms with van der Waals surface area (Å²) in [6, 6.07) is 0.682. The lowest BCUT2D eigenvalue weighted by atomic mass is 10.4. The maximum absolute atomic E-state index is 11.8. The second-order valence-corrected chi connectivity index (χ2v) is 6.21. The lowest BCUT2D eigenvalue weighted by molar-refractivity contribution is -0.127. The molecule has 1 N–H and O–H groups in total. The van der Waals surface area contributed by atoms with Gasteiger partial charge in [-0.25, -0.2) is 4.68 Å². The third-order valence-corrected chi connectivity index (χ3v) is 3.96. The summed E-state index contributed by atoms with van der Waals surface area (Å²) in [6.45, 7) is 3.46. The monoisotopic (exact) mass is 284 g/mol. The molecule has 1 atom stereocenters. The number of nitrogens with one attached hydrogen (secondary N) is 1. The predicted octanol–water partition coefficient (Wildman–Crippen LogP) is -0.00610. The Morgan fingerprint density at radius 2 is 2.32 bits per heavy atom. The lowest BCUT2D eigenvalue weighted by Gasteiger charge is -2.15. The molecule has 1 heterocycles. The molecule has 0 bridgehead atoms. The highest BCUT2D eigenvalue weighted by Gasteiger charge is 2.21. The van der Waals surface area contributed by atoms with Gasteiger partial charge in [0.2, 0.25) is 11.1 Å². The molecule has 7 nitrogen and oxygen atoms in total. The zero-order valence-electron chi connectivity index (χ0n) is 11.5. The van der Waals surface area contributed by atoms with Crippen molar-refractivity contribution in [3.63, 3.8) is 0 Å². The quantitative estimate of drug-likeness (QED) is 0.710. The van der Waals surface area contributed by atoms with Crippen molar-refractivity contribution in [3.8, 4) is 0 Å². The molecule has 0 aromatic carbocycles. The number of amides is 1. The van der Waals surface area contributed by atoms with Crippen LogP contribution in [0.2, 0.25) is 0 Å². The fourth-order valence-corrected chi connectivity index (χ4v) is 2.62. The van der Waals surface area contributed by atoms with Crippen molar-refractivity contribution < 1.29 is 4.79 Å². The van der Waals surface area contributed by atoms with Crippen molar-refractivity contribution in [3.05, 3.63) is 0 Å². The SMILES string of the molecule is CC(Sc1nnnn1CCNC1CC1)C(=O)N(C)C. The van der Waals surface area contributed by atoms with Gasteiger partial charge in [0.1, 0.15) is 0 Å². The van der Waals surface area contributed by atoms with E-state index in [1.165, 1.54) is 24.6 Å².